The highest BCUT2D eigenvalue weighted by Crippen LogP contribution is 2.38. The van der Waals surface area contributed by atoms with E-state index >= 15 is 0 Å². The molecule has 0 aromatic heterocycles. The van der Waals surface area contributed by atoms with Crippen molar-refractivity contribution in [2.24, 2.45) is 0 Å². The number of esters is 2. The molecule has 0 saturated heterocycles. The van der Waals surface area contributed by atoms with Gasteiger partial charge in [0.15, 0.2) is 6.10 Å². The topological polar surface area (TPSA) is 131 Å². The second kappa shape index (κ2) is 35.1. The van der Waals surface area contributed by atoms with Crippen molar-refractivity contribution < 1.29 is 47.2 Å². The number of hydrogen-bond acceptors (Lipinski definition) is 9. The number of aliphatic hydroxyl groups excluding tert-OH is 1. The lowest BCUT2D eigenvalue weighted by Crippen LogP contribution is -2.37. The van der Waals surface area contributed by atoms with E-state index in [9.17, 15) is 24.2 Å². The quantitative estimate of drug-likeness (QED) is 0.0165. The van der Waals surface area contributed by atoms with Crippen LogP contribution in [0.3, 0.4) is 0 Å². The van der Waals surface area contributed by atoms with Gasteiger partial charge in [0.05, 0.1) is 33.9 Å². The third-order valence-corrected chi connectivity index (χ3v) is 9.35. The van der Waals surface area contributed by atoms with E-state index in [2.05, 4.69) is 26.0 Å². The summed E-state index contributed by atoms with van der Waals surface area (Å²) in [5.41, 5.74) is 0. The van der Waals surface area contributed by atoms with Crippen LogP contribution in [0.2, 0.25) is 0 Å². The zero-order valence-electron chi connectivity index (χ0n) is 34.5. The van der Waals surface area contributed by atoms with Gasteiger partial charge < -0.3 is 33.0 Å². The number of carbonyl (C=O) groups is 2. The molecule has 0 saturated carbocycles. The lowest BCUT2D eigenvalue weighted by molar-refractivity contribution is -0.870. The number of rotatable bonds is 36. The molecule has 312 valence electrons. The van der Waals surface area contributed by atoms with Crippen molar-refractivity contribution in [1.29, 1.82) is 0 Å². The Kier molecular flexibility index (Phi) is 33.6. The molecular weight excluding hydrogens is 705 g/mol. The molecule has 54 heavy (non-hydrogen) atoms. The lowest BCUT2D eigenvalue weighted by atomic mass is 10.0. The highest BCUT2D eigenvalue weighted by atomic mass is 31.2. The van der Waals surface area contributed by atoms with E-state index in [0.29, 0.717) is 43.1 Å². The minimum atomic E-state index is -4.65. The first kappa shape index (κ1) is 51.7. The summed E-state index contributed by atoms with van der Waals surface area (Å²) in [6.45, 7) is 3.92. The van der Waals surface area contributed by atoms with Crippen LogP contribution in [0.1, 0.15) is 142 Å². The van der Waals surface area contributed by atoms with Crippen molar-refractivity contribution in [1.82, 2.24) is 0 Å². The SMILES string of the molecule is CC/C=C\C/C=C\CC(O)/C=C/C=C\C/C=C\CCCC(=O)OC(COC(=O)CCCCCCCCCCCCCC)COP(=O)([O-])OCC[N+](C)(C)C. The predicted octanol–water partition coefficient (Wildman–Crippen LogP) is 9.63. The van der Waals surface area contributed by atoms with Gasteiger partial charge in [-0.3, -0.25) is 14.2 Å². The molecule has 1 N–H and O–H groups in total. The molecule has 0 aliphatic carbocycles. The van der Waals surface area contributed by atoms with Crippen molar-refractivity contribution in [3.05, 3.63) is 60.8 Å². The minimum absolute atomic E-state index is 0.0542. The molecule has 0 amide bonds. The summed E-state index contributed by atoms with van der Waals surface area (Å²) >= 11 is 0. The Morgan fingerprint density at radius 2 is 1.30 bits per heavy atom. The van der Waals surface area contributed by atoms with Gasteiger partial charge in [-0.15, -0.1) is 0 Å². The second-order valence-electron chi connectivity index (χ2n) is 14.8. The molecule has 0 aromatic carbocycles. The number of unbranched alkanes of at least 4 members (excludes halogenated alkanes) is 12. The van der Waals surface area contributed by atoms with Crippen LogP contribution in [0.4, 0.5) is 0 Å². The van der Waals surface area contributed by atoms with Gasteiger partial charge in [0, 0.05) is 12.8 Å². The first-order valence-corrected chi connectivity index (χ1v) is 22.1. The fourth-order valence-electron chi connectivity index (χ4n) is 5.13. The van der Waals surface area contributed by atoms with Crippen LogP contribution >= 0.6 is 7.82 Å². The first-order valence-electron chi connectivity index (χ1n) is 20.6. The predicted molar refractivity (Wildman–Crippen MR) is 219 cm³/mol. The van der Waals surface area contributed by atoms with E-state index in [1.54, 1.807) is 6.08 Å². The van der Waals surface area contributed by atoms with Gasteiger partial charge in [0.2, 0.25) is 0 Å². The number of carbonyl (C=O) groups excluding carboxylic acids is 2. The molecule has 3 atom stereocenters. The number of phosphoric acid groups is 1. The maximum Gasteiger partial charge on any atom is 0.306 e. The second-order valence-corrected chi connectivity index (χ2v) is 16.2. The highest BCUT2D eigenvalue weighted by Gasteiger charge is 2.21. The van der Waals surface area contributed by atoms with Crippen molar-refractivity contribution >= 4 is 19.8 Å². The van der Waals surface area contributed by atoms with E-state index in [4.69, 9.17) is 18.5 Å². The Bertz CT molecular complexity index is 1130. The van der Waals surface area contributed by atoms with Gasteiger partial charge in [-0.2, -0.15) is 0 Å². The van der Waals surface area contributed by atoms with Crippen LogP contribution in [-0.4, -0.2) is 81.2 Å². The lowest BCUT2D eigenvalue weighted by Gasteiger charge is -2.28. The average molecular weight is 782 g/mol. The Labute approximate surface area is 329 Å². The molecule has 10 nitrogen and oxygen atoms in total. The third-order valence-electron chi connectivity index (χ3n) is 8.38. The Balaban J connectivity index is 4.58. The van der Waals surface area contributed by atoms with Crippen molar-refractivity contribution in [3.63, 3.8) is 0 Å². The standard InChI is InChI=1S/C43H76NO9P/c1-6-8-10-12-14-15-16-17-18-22-26-30-34-42(46)50-38-41(39-52-54(48,49)51-37-36-44(3,4)5)53-43(47)35-31-27-23-20-19-21-25-29-33-40(45)32-28-24-13-11-9-7-2/h9,11,20-21,23-25,28-29,33,40-41,45H,6-8,10,12-19,22,26-27,30-32,34-39H2,1-5H3/b11-9-,23-20-,25-21-,28-24-,33-29+. The summed E-state index contributed by atoms with van der Waals surface area (Å²) < 4.78 is 33.7. The molecule has 11 heteroatoms. The maximum absolute atomic E-state index is 12.6. The molecular formula is C43H76NO9P. The summed E-state index contributed by atoms with van der Waals surface area (Å²) in [5.74, 6) is -0.946. The summed E-state index contributed by atoms with van der Waals surface area (Å²) in [6, 6.07) is 0. The van der Waals surface area contributed by atoms with Crippen molar-refractivity contribution in [2.45, 2.75) is 154 Å². The molecule has 0 rings (SSSR count). The number of hydrogen-bond donors (Lipinski definition) is 1. The van der Waals surface area contributed by atoms with Gasteiger partial charge in [-0.1, -0.05) is 145 Å². The number of ether oxygens (including phenoxy) is 2. The molecule has 0 heterocycles. The van der Waals surface area contributed by atoms with Crippen LogP contribution in [0.5, 0.6) is 0 Å². The number of allylic oxidation sites excluding steroid dienone is 8. The minimum Gasteiger partial charge on any atom is -0.756 e. The normalized spacial score (nSPS) is 14.9. The average Bonchev–Trinajstić information content (AvgIpc) is 3.11. The molecule has 0 spiro atoms. The Morgan fingerprint density at radius 3 is 1.94 bits per heavy atom. The first-order chi connectivity index (χ1) is 25.9. The number of quaternary nitrogens is 1. The van der Waals surface area contributed by atoms with E-state index in [1.165, 1.54) is 51.4 Å². The fourth-order valence-corrected chi connectivity index (χ4v) is 5.85. The number of aliphatic hydroxyl groups is 1. The zero-order chi connectivity index (χ0) is 40.2. The van der Waals surface area contributed by atoms with Crippen LogP contribution in [0.15, 0.2) is 60.8 Å². The molecule has 0 radical (unpaired) electrons. The van der Waals surface area contributed by atoms with E-state index < -0.39 is 38.6 Å². The summed E-state index contributed by atoms with van der Waals surface area (Å²) in [6.07, 6.45) is 37.1. The smallest absolute Gasteiger partial charge is 0.306 e. The van der Waals surface area contributed by atoms with Gasteiger partial charge in [-0.25, -0.2) is 0 Å². The highest BCUT2D eigenvalue weighted by molar-refractivity contribution is 7.45. The van der Waals surface area contributed by atoms with E-state index in [1.807, 2.05) is 63.7 Å². The van der Waals surface area contributed by atoms with Crippen LogP contribution in [0.25, 0.3) is 0 Å². The zero-order valence-corrected chi connectivity index (χ0v) is 35.4. The van der Waals surface area contributed by atoms with Crippen LogP contribution in [0, 0.1) is 0 Å². The van der Waals surface area contributed by atoms with E-state index in [-0.39, 0.29) is 26.1 Å². The van der Waals surface area contributed by atoms with Gasteiger partial charge in [0.25, 0.3) is 7.82 Å². The van der Waals surface area contributed by atoms with E-state index in [0.717, 1.165) is 32.1 Å². The molecule has 0 fully saturated rings. The van der Waals surface area contributed by atoms with Crippen LogP contribution < -0.4 is 4.89 Å². The van der Waals surface area contributed by atoms with Crippen LogP contribution in [-0.2, 0) is 32.7 Å². The maximum atomic E-state index is 12.6. The molecule has 0 aromatic rings. The molecule has 0 bridgehead atoms. The number of likely N-dealkylation sites (N-methyl/N-ethyl adjacent to an activating group) is 1. The van der Waals surface area contributed by atoms with Gasteiger partial charge in [0.1, 0.15) is 19.8 Å². The van der Waals surface area contributed by atoms with Gasteiger partial charge >= 0.3 is 11.9 Å². The Hall–Kier alpha value is -2.33. The van der Waals surface area contributed by atoms with Gasteiger partial charge in [-0.05, 0) is 44.9 Å². The molecule has 0 aliphatic heterocycles. The van der Waals surface area contributed by atoms with Crippen molar-refractivity contribution in [3.8, 4) is 0 Å². The van der Waals surface area contributed by atoms with Crippen molar-refractivity contribution in [2.75, 3.05) is 47.5 Å². The number of phosphoric ester groups is 1. The Morgan fingerprint density at radius 1 is 0.704 bits per heavy atom. The monoisotopic (exact) mass is 782 g/mol. The number of nitrogens with zero attached hydrogens (tertiary/aromatic N) is 1. The molecule has 0 aliphatic rings. The summed E-state index contributed by atoms with van der Waals surface area (Å²) in [5, 5.41) is 10.0. The largest absolute Gasteiger partial charge is 0.756 e. The third kappa shape index (κ3) is 38.0. The summed E-state index contributed by atoms with van der Waals surface area (Å²) in [7, 11) is 1.08. The molecule has 3 unspecified atom stereocenters. The summed E-state index contributed by atoms with van der Waals surface area (Å²) in [4.78, 5) is 37.4. The fraction of sp³-hybridized carbons (Fsp3) is 0.721.